The number of rotatable bonds is 7. The van der Waals surface area contributed by atoms with Gasteiger partial charge >= 0.3 is 6.01 Å². The Morgan fingerprint density at radius 1 is 1.12 bits per heavy atom. The number of nitrogens with one attached hydrogen (secondary N) is 1. The van der Waals surface area contributed by atoms with Crippen molar-refractivity contribution in [3.05, 3.63) is 23.8 Å². The quantitative estimate of drug-likeness (QED) is 0.653. The maximum Gasteiger partial charge on any atom is 0.320 e. The molecule has 178 valence electrons. The molecule has 8 nitrogen and oxygen atoms in total. The molecule has 0 aromatic carbocycles. The van der Waals surface area contributed by atoms with E-state index in [1.54, 1.807) is 0 Å². The van der Waals surface area contributed by atoms with Gasteiger partial charge in [-0.3, -0.25) is 9.69 Å². The number of allylic oxidation sites excluding steroid dienone is 2. The molecule has 0 radical (unpaired) electrons. The Kier molecular flexibility index (Phi) is 6.80. The summed E-state index contributed by atoms with van der Waals surface area (Å²) in [5, 5.41) is 2.91. The van der Waals surface area contributed by atoms with E-state index in [0.29, 0.717) is 36.4 Å². The van der Waals surface area contributed by atoms with E-state index >= 15 is 0 Å². The van der Waals surface area contributed by atoms with Crippen LogP contribution in [0.1, 0.15) is 57.8 Å². The Bertz CT molecular complexity index is 918. The number of carbonyl (C=O) groups excluding carboxylic acids is 1. The monoisotopic (exact) mass is 452 g/mol. The number of hydrogen-bond acceptors (Lipinski definition) is 7. The average Bonchev–Trinajstić information content (AvgIpc) is 3.47. The summed E-state index contributed by atoms with van der Waals surface area (Å²) in [6.07, 6.45) is 16.7. The van der Waals surface area contributed by atoms with Crippen molar-refractivity contribution in [2.45, 2.75) is 63.9 Å². The fraction of sp³-hybridized carbons (Fsp3) is 0.640. The molecule has 1 saturated carbocycles. The lowest BCUT2D eigenvalue weighted by molar-refractivity contribution is -0.115. The molecule has 2 aliphatic heterocycles. The standard InChI is InChI=1S/C25H36N6O2/c26-23-22-24(29-25(28-23)33-20-8-1-2-9-20)31(15-11-21(32)27-22)14-10-18-6-5-7-19(16-18)17-30-12-3-4-13-30/h5,7,16,18,20H,1-4,6,8-15,17H2,(H,27,32)(H2,26,28,29). The van der Waals surface area contributed by atoms with Gasteiger partial charge in [0.25, 0.3) is 0 Å². The minimum absolute atomic E-state index is 0.0492. The van der Waals surface area contributed by atoms with E-state index in [1.165, 1.54) is 44.3 Å². The summed E-state index contributed by atoms with van der Waals surface area (Å²) in [6.45, 7) is 4.92. The Hall–Kier alpha value is -2.61. The molecule has 1 aromatic heterocycles. The van der Waals surface area contributed by atoms with Gasteiger partial charge in [0.1, 0.15) is 11.8 Å². The van der Waals surface area contributed by atoms with Crippen LogP contribution in [0.15, 0.2) is 23.8 Å². The van der Waals surface area contributed by atoms with Crippen LogP contribution < -0.4 is 20.7 Å². The lowest BCUT2D eigenvalue weighted by Gasteiger charge is -2.27. The van der Waals surface area contributed by atoms with E-state index in [0.717, 1.165) is 38.8 Å². The Morgan fingerprint density at radius 2 is 1.94 bits per heavy atom. The third-order valence-corrected chi connectivity index (χ3v) is 7.24. The molecule has 0 spiro atoms. The SMILES string of the molecule is Nc1nc(OC2CCCC2)nc2c1NC(=O)CCN2CCC1C=C(CN2CCCC2)C=CC1. The summed E-state index contributed by atoms with van der Waals surface area (Å²) < 4.78 is 6.05. The average molecular weight is 453 g/mol. The van der Waals surface area contributed by atoms with Gasteiger partial charge in [-0.15, -0.1) is 0 Å². The van der Waals surface area contributed by atoms with Crippen molar-refractivity contribution >= 4 is 23.2 Å². The highest BCUT2D eigenvalue weighted by Gasteiger charge is 2.27. The number of carbonyl (C=O) groups is 1. The van der Waals surface area contributed by atoms with Crippen LogP contribution in [-0.4, -0.2) is 59.6 Å². The second-order valence-electron chi connectivity index (χ2n) is 9.81. The van der Waals surface area contributed by atoms with Crippen molar-refractivity contribution in [2.75, 3.05) is 48.7 Å². The first-order valence-electron chi connectivity index (χ1n) is 12.6. The van der Waals surface area contributed by atoms with Crippen molar-refractivity contribution < 1.29 is 9.53 Å². The van der Waals surface area contributed by atoms with Crippen molar-refractivity contribution in [3.63, 3.8) is 0 Å². The Morgan fingerprint density at radius 3 is 2.76 bits per heavy atom. The highest BCUT2D eigenvalue weighted by molar-refractivity contribution is 5.98. The first-order chi connectivity index (χ1) is 16.1. The largest absolute Gasteiger partial charge is 0.460 e. The zero-order valence-electron chi connectivity index (χ0n) is 19.5. The van der Waals surface area contributed by atoms with Crippen molar-refractivity contribution in [1.29, 1.82) is 0 Å². The molecule has 1 unspecified atom stereocenters. The zero-order valence-corrected chi connectivity index (χ0v) is 19.5. The normalized spacial score (nSPS) is 23.9. The van der Waals surface area contributed by atoms with Crippen LogP contribution in [-0.2, 0) is 4.79 Å². The molecule has 1 atom stereocenters. The van der Waals surface area contributed by atoms with Crippen LogP contribution >= 0.6 is 0 Å². The molecular weight excluding hydrogens is 416 g/mol. The van der Waals surface area contributed by atoms with E-state index in [2.05, 4.69) is 38.3 Å². The van der Waals surface area contributed by atoms with E-state index in [9.17, 15) is 4.79 Å². The van der Waals surface area contributed by atoms with Crippen LogP contribution in [0.4, 0.5) is 17.3 Å². The van der Waals surface area contributed by atoms with Gasteiger partial charge in [-0.1, -0.05) is 18.2 Å². The molecule has 3 heterocycles. The fourth-order valence-corrected chi connectivity index (χ4v) is 5.41. The lowest BCUT2D eigenvalue weighted by atomic mass is 9.93. The molecule has 3 N–H and O–H groups in total. The molecule has 4 aliphatic rings. The highest BCUT2D eigenvalue weighted by Crippen LogP contribution is 2.35. The maximum atomic E-state index is 12.3. The van der Waals surface area contributed by atoms with Crippen LogP contribution in [0.2, 0.25) is 0 Å². The summed E-state index contributed by atoms with van der Waals surface area (Å²) in [6, 6.07) is 0.327. The lowest BCUT2D eigenvalue weighted by Crippen LogP contribution is -2.29. The number of fused-ring (bicyclic) bond motifs is 1. The summed E-state index contributed by atoms with van der Waals surface area (Å²) in [7, 11) is 0. The number of amides is 1. The smallest absolute Gasteiger partial charge is 0.320 e. The van der Waals surface area contributed by atoms with Gasteiger partial charge in [-0.25, -0.2) is 0 Å². The van der Waals surface area contributed by atoms with Crippen LogP contribution in [0.25, 0.3) is 0 Å². The van der Waals surface area contributed by atoms with E-state index in [-0.39, 0.29) is 17.8 Å². The molecule has 2 fully saturated rings. The second kappa shape index (κ2) is 10.1. The minimum atomic E-state index is -0.0492. The highest BCUT2D eigenvalue weighted by atomic mass is 16.5. The van der Waals surface area contributed by atoms with Gasteiger partial charge < -0.3 is 20.7 Å². The first-order valence-corrected chi connectivity index (χ1v) is 12.6. The summed E-state index contributed by atoms with van der Waals surface area (Å²) >= 11 is 0. The molecule has 8 heteroatoms. The van der Waals surface area contributed by atoms with Crippen LogP contribution in [0, 0.1) is 5.92 Å². The van der Waals surface area contributed by atoms with E-state index in [1.807, 2.05) is 0 Å². The van der Waals surface area contributed by atoms with E-state index in [4.69, 9.17) is 15.5 Å². The number of nitrogens with two attached hydrogens (primary N) is 1. The summed E-state index contributed by atoms with van der Waals surface area (Å²) in [5.74, 6) is 1.42. The number of nitrogens with zero attached hydrogens (tertiary/aromatic N) is 4. The molecule has 5 rings (SSSR count). The maximum absolute atomic E-state index is 12.3. The Labute approximate surface area is 196 Å². The number of likely N-dealkylation sites (tertiary alicyclic amines) is 1. The molecule has 2 aliphatic carbocycles. The van der Waals surface area contributed by atoms with Gasteiger partial charge in [0, 0.05) is 26.1 Å². The van der Waals surface area contributed by atoms with Gasteiger partial charge in [0.2, 0.25) is 5.91 Å². The molecule has 33 heavy (non-hydrogen) atoms. The van der Waals surface area contributed by atoms with Gasteiger partial charge in [-0.05, 0) is 75.9 Å². The predicted octanol–water partition coefficient (Wildman–Crippen LogP) is 3.52. The number of nitrogen functional groups attached to an aromatic ring is 1. The number of ether oxygens (including phenoxy) is 1. The van der Waals surface area contributed by atoms with Crippen molar-refractivity contribution in [1.82, 2.24) is 14.9 Å². The predicted molar refractivity (Wildman–Crippen MR) is 130 cm³/mol. The fourth-order valence-electron chi connectivity index (χ4n) is 5.41. The van der Waals surface area contributed by atoms with Crippen LogP contribution in [0.5, 0.6) is 6.01 Å². The molecular formula is C25H36N6O2. The minimum Gasteiger partial charge on any atom is -0.460 e. The summed E-state index contributed by atoms with van der Waals surface area (Å²) in [5.41, 5.74) is 8.20. The van der Waals surface area contributed by atoms with Crippen molar-refractivity contribution in [3.8, 4) is 6.01 Å². The van der Waals surface area contributed by atoms with Gasteiger partial charge in [-0.2, -0.15) is 9.97 Å². The van der Waals surface area contributed by atoms with Gasteiger partial charge in [0.15, 0.2) is 11.6 Å². The zero-order chi connectivity index (χ0) is 22.6. The molecule has 0 bridgehead atoms. The number of hydrogen-bond donors (Lipinski definition) is 2. The molecule has 1 amide bonds. The van der Waals surface area contributed by atoms with Crippen LogP contribution in [0.3, 0.4) is 0 Å². The Balaban J connectivity index is 1.29. The third-order valence-electron chi connectivity index (χ3n) is 7.24. The molecule has 1 saturated heterocycles. The van der Waals surface area contributed by atoms with Gasteiger partial charge in [0.05, 0.1) is 0 Å². The molecule has 1 aromatic rings. The first kappa shape index (κ1) is 22.2. The number of anilines is 3. The van der Waals surface area contributed by atoms with Crippen molar-refractivity contribution in [2.24, 2.45) is 5.92 Å². The topological polar surface area (TPSA) is 96.6 Å². The van der Waals surface area contributed by atoms with E-state index < -0.39 is 0 Å². The second-order valence-corrected chi connectivity index (χ2v) is 9.81. The summed E-state index contributed by atoms with van der Waals surface area (Å²) in [4.78, 5) is 26.1. The number of aromatic nitrogens is 2. The third kappa shape index (κ3) is 5.49.